The van der Waals surface area contributed by atoms with Gasteiger partial charge in [0.15, 0.2) is 0 Å². The van der Waals surface area contributed by atoms with E-state index >= 15 is 0 Å². The molecule has 0 aliphatic heterocycles. The third-order valence-corrected chi connectivity index (χ3v) is 4.08. The zero-order chi connectivity index (χ0) is 15.3. The topological polar surface area (TPSA) is 84.3 Å². The molecule has 1 aromatic rings. The van der Waals surface area contributed by atoms with Crippen LogP contribution in [0.5, 0.6) is 0 Å². The summed E-state index contributed by atoms with van der Waals surface area (Å²) in [6.45, 7) is 2.93. The Bertz CT molecular complexity index is 525. The van der Waals surface area contributed by atoms with Crippen LogP contribution < -0.4 is 10.6 Å². The first-order valence-corrected chi connectivity index (χ1v) is 7.28. The van der Waals surface area contributed by atoms with Crippen LogP contribution in [0.3, 0.4) is 0 Å². The van der Waals surface area contributed by atoms with Gasteiger partial charge in [0, 0.05) is 24.6 Å². The standard InChI is InChI=1S/C15H21N3O3/c1-15(8-4-5-9-15)14(19)17-11-10-16-12-6-2-3-7-13(12)18(20)21/h2-3,6-7,16H,4-5,8-11H2,1H3,(H,17,19). The quantitative estimate of drug-likeness (QED) is 0.479. The van der Waals surface area contributed by atoms with Gasteiger partial charge in [0.2, 0.25) is 5.91 Å². The molecule has 0 aromatic heterocycles. The molecule has 0 radical (unpaired) electrons. The van der Waals surface area contributed by atoms with Gasteiger partial charge in [-0.1, -0.05) is 31.9 Å². The number of benzene rings is 1. The van der Waals surface area contributed by atoms with Crippen LogP contribution in [-0.2, 0) is 4.79 Å². The van der Waals surface area contributed by atoms with E-state index in [1.807, 2.05) is 6.92 Å². The smallest absolute Gasteiger partial charge is 0.292 e. The molecule has 0 atom stereocenters. The average molecular weight is 291 g/mol. The Kier molecular flexibility index (Phi) is 4.77. The van der Waals surface area contributed by atoms with Crippen molar-refractivity contribution in [2.45, 2.75) is 32.6 Å². The van der Waals surface area contributed by atoms with Crippen LogP contribution in [0.2, 0.25) is 0 Å². The lowest BCUT2D eigenvalue weighted by atomic mass is 9.88. The third-order valence-electron chi connectivity index (χ3n) is 4.08. The summed E-state index contributed by atoms with van der Waals surface area (Å²) in [5.41, 5.74) is 0.286. The van der Waals surface area contributed by atoms with Gasteiger partial charge in [0.05, 0.1) is 4.92 Å². The summed E-state index contributed by atoms with van der Waals surface area (Å²) >= 11 is 0. The number of carbonyl (C=O) groups is 1. The summed E-state index contributed by atoms with van der Waals surface area (Å²) in [6.07, 6.45) is 4.10. The van der Waals surface area contributed by atoms with Gasteiger partial charge in [0.1, 0.15) is 5.69 Å². The highest BCUT2D eigenvalue weighted by Gasteiger charge is 2.35. The fourth-order valence-corrected chi connectivity index (χ4v) is 2.75. The lowest BCUT2D eigenvalue weighted by molar-refractivity contribution is -0.384. The Morgan fingerprint density at radius 2 is 1.95 bits per heavy atom. The number of nitrogens with zero attached hydrogens (tertiary/aromatic N) is 1. The second kappa shape index (κ2) is 6.56. The van der Waals surface area contributed by atoms with Crippen LogP contribution >= 0.6 is 0 Å². The summed E-state index contributed by atoms with van der Waals surface area (Å²) in [5, 5.41) is 16.8. The van der Waals surface area contributed by atoms with E-state index in [-0.39, 0.29) is 17.0 Å². The van der Waals surface area contributed by atoms with Gasteiger partial charge in [-0.25, -0.2) is 0 Å². The largest absolute Gasteiger partial charge is 0.378 e. The molecule has 0 spiro atoms. The molecule has 6 nitrogen and oxygen atoms in total. The molecule has 2 N–H and O–H groups in total. The van der Waals surface area contributed by atoms with E-state index < -0.39 is 4.92 Å². The monoisotopic (exact) mass is 291 g/mol. The maximum Gasteiger partial charge on any atom is 0.292 e. The van der Waals surface area contributed by atoms with E-state index in [0.717, 1.165) is 25.7 Å². The second-order valence-electron chi connectivity index (χ2n) is 5.72. The van der Waals surface area contributed by atoms with Gasteiger partial charge >= 0.3 is 0 Å². The van der Waals surface area contributed by atoms with E-state index in [0.29, 0.717) is 18.8 Å². The summed E-state index contributed by atoms with van der Waals surface area (Å²) < 4.78 is 0. The second-order valence-corrected chi connectivity index (χ2v) is 5.72. The molecule has 0 saturated heterocycles. The van der Waals surface area contributed by atoms with Crippen molar-refractivity contribution < 1.29 is 9.72 Å². The highest BCUT2D eigenvalue weighted by atomic mass is 16.6. The zero-order valence-electron chi connectivity index (χ0n) is 12.2. The van der Waals surface area contributed by atoms with E-state index in [1.165, 1.54) is 6.07 Å². The summed E-state index contributed by atoms with van der Waals surface area (Å²) in [7, 11) is 0. The van der Waals surface area contributed by atoms with Crippen molar-refractivity contribution >= 4 is 17.3 Å². The molecule has 6 heteroatoms. The molecule has 2 rings (SSSR count). The maximum atomic E-state index is 12.1. The molecule has 1 saturated carbocycles. The van der Waals surface area contributed by atoms with Gasteiger partial charge in [-0.2, -0.15) is 0 Å². The number of nitro groups is 1. The molecule has 0 heterocycles. The van der Waals surface area contributed by atoms with E-state index in [9.17, 15) is 14.9 Å². The maximum absolute atomic E-state index is 12.1. The predicted molar refractivity (Wildman–Crippen MR) is 81.2 cm³/mol. The first-order valence-electron chi connectivity index (χ1n) is 7.28. The molecule has 1 amide bonds. The number of para-hydroxylation sites is 2. The number of rotatable bonds is 6. The Hall–Kier alpha value is -2.11. The van der Waals surface area contributed by atoms with Crippen molar-refractivity contribution in [1.82, 2.24) is 5.32 Å². The third kappa shape index (κ3) is 3.71. The summed E-state index contributed by atoms with van der Waals surface area (Å²) in [6, 6.07) is 6.50. The SMILES string of the molecule is CC1(C(=O)NCCNc2ccccc2[N+](=O)[O-])CCCC1. The van der Waals surface area contributed by atoms with Crippen molar-refractivity contribution in [3.05, 3.63) is 34.4 Å². The van der Waals surface area contributed by atoms with E-state index in [1.54, 1.807) is 18.2 Å². The number of nitro benzene ring substituents is 1. The van der Waals surface area contributed by atoms with Crippen molar-refractivity contribution in [3.63, 3.8) is 0 Å². The molecule has 1 fully saturated rings. The van der Waals surface area contributed by atoms with E-state index in [2.05, 4.69) is 10.6 Å². The van der Waals surface area contributed by atoms with Crippen molar-refractivity contribution in [2.24, 2.45) is 5.41 Å². The van der Waals surface area contributed by atoms with Gasteiger partial charge in [-0.15, -0.1) is 0 Å². The van der Waals surface area contributed by atoms with Crippen LogP contribution in [0.4, 0.5) is 11.4 Å². The normalized spacial score (nSPS) is 16.4. The molecule has 1 aromatic carbocycles. The van der Waals surface area contributed by atoms with Crippen LogP contribution in [0, 0.1) is 15.5 Å². The number of amides is 1. The first-order chi connectivity index (χ1) is 10.0. The molecule has 0 unspecified atom stereocenters. The number of anilines is 1. The Morgan fingerprint density at radius 3 is 2.62 bits per heavy atom. The fourth-order valence-electron chi connectivity index (χ4n) is 2.75. The van der Waals surface area contributed by atoms with Gasteiger partial charge in [-0.3, -0.25) is 14.9 Å². The lowest BCUT2D eigenvalue weighted by Crippen LogP contribution is -2.39. The summed E-state index contributed by atoms with van der Waals surface area (Å²) in [5.74, 6) is 0.0874. The van der Waals surface area contributed by atoms with Gasteiger partial charge in [-0.05, 0) is 18.9 Å². The van der Waals surface area contributed by atoms with Gasteiger partial charge < -0.3 is 10.6 Å². The molecule has 1 aliphatic carbocycles. The molecule has 1 aliphatic rings. The van der Waals surface area contributed by atoms with Crippen molar-refractivity contribution in [3.8, 4) is 0 Å². The fraction of sp³-hybridized carbons (Fsp3) is 0.533. The minimum absolute atomic E-state index is 0.0478. The highest BCUT2D eigenvalue weighted by Crippen LogP contribution is 2.37. The summed E-state index contributed by atoms with van der Waals surface area (Å²) in [4.78, 5) is 22.6. The number of nitrogens with one attached hydrogen (secondary N) is 2. The molecule has 21 heavy (non-hydrogen) atoms. The Balaban J connectivity index is 1.80. The van der Waals surface area contributed by atoms with Crippen LogP contribution in [-0.4, -0.2) is 23.9 Å². The first kappa shape index (κ1) is 15.3. The lowest BCUT2D eigenvalue weighted by Gasteiger charge is -2.22. The Labute approximate surface area is 124 Å². The van der Waals surface area contributed by atoms with Crippen LogP contribution in [0.15, 0.2) is 24.3 Å². The number of hydrogen-bond acceptors (Lipinski definition) is 4. The Morgan fingerprint density at radius 1 is 1.29 bits per heavy atom. The van der Waals surface area contributed by atoms with E-state index in [4.69, 9.17) is 0 Å². The minimum Gasteiger partial charge on any atom is -0.378 e. The van der Waals surface area contributed by atoms with Crippen molar-refractivity contribution in [2.75, 3.05) is 18.4 Å². The average Bonchev–Trinajstić information content (AvgIpc) is 2.92. The number of hydrogen-bond donors (Lipinski definition) is 2. The minimum atomic E-state index is -0.416. The number of carbonyl (C=O) groups excluding carboxylic acids is 1. The highest BCUT2D eigenvalue weighted by molar-refractivity contribution is 5.82. The van der Waals surface area contributed by atoms with Crippen LogP contribution in [0.1, 0.15) is 32.6 Å². The van der Waals surface area contributed by atoms with Gasteiger partial charge in [0.25, 0.3) is 5.69 Å². The zero-order valence-corrected chi connectivity index (χ0v) is 12.2. The van der Waals surface area contributed by atoms with Crippen molar-refractivity contribution in [1.29, 1.82) is 0 Å². The molecule has 114 valence electrons. The van der Waals surface area contributed by atoms with Crippen LogP contribution in [0.25, 0.3) is 0 Å². The molecular formula is C15H21N3O3. The molecular weight excluding hydrogens is 270 g/mol. The predicted octanol–water partition coefficient (Wildman–Crippen LogP) is 2.70. The molecule has 0 bridgehead atoms.